The van der Waals surface area contributed by atoms with Crippen LogP contribution in [0.5, 0.6) is 0 Å². The molecule has 3 aromatic rings. The van der Waals surface area contributed by atoms with E-state index in [1.807, 2.05) is 60.7 Å². The molecular formula is C21H19NO2S. The maximum atomic E-state index is 13.3. The number of rotatable bonds is 3. The van der Waals surface area contributed by atoms with Crippen molar-refractivity contribution < 1.29 is 8.42 Å². The molecule has 0 spiro atoms. The Kier molecular flexibility index (Phi) is 4.06. The average Bonchev–Trinajstić information content (AvgIpc) is 2.68. The molecule has 1 aliphatic heterocycles. The predicted octanol–water partition coefficient (Wildman–Crippen LogP) is 4.76. The van der Waals surface area contributed by atoms with Crippen LogP contribution in [-0.4, -0.2) is 8.42 Å². The van der Waals surface area contributed by atoms with E-state index < -0.39 is 15.1 Å². The van der Waals surface area contributed by atoms with Crippen LogP contribution in [0.3, 0.4) is 0 Å². The van der Waals surface area contributed by atoms with Gasteiger partial charge >= 0.3 is 0 Å². The summed E-state index contributed by atoms with van der Waals surface area (Å²) in [7, 11) is -3.46. The van der Waals surface area contributed by atoms with Crippen LogP contribution in [0.1, 0.15) is 28.8 Å². The minimum atomic E-state index is -3.46. The van der Waals surface area contributed by atoms with Crippen molar-refractivity contribution in [3.8, 4) is 0 Å². The molecule has 0 radical (unpaired) electrons. The molecule has 4 heteroatoms. The number of fused-ring (bicyclic) bond motifs is 1. The van der Waals surface area contributed by atoms with Gasteiger partial charge in [0.25, 0.3) is 0 Å². The van der Waals surface area contributed by atoms with Crippen LogP contribution in [0.4, 0.5) is 5.69 Å². The van der Waals surface area contributed by atoms with Gasteiger partial charge in [-0.05, 0) is 35.7 Å². The van der Waals surface area contributed by atoms with Gasteiger partial charge in [0.1, 0.15) is 0 Å². The molecule has 2 atom stereocenters. The fraction of sp³-hybridized carbons (Fsp3) is 0.143. The van der Waals surface area contributed by atoms with Gasteiger partial charge in [-0.1, -0.05) is 66.7 Å². The fourth-order valence-corrected chi connectivity index (χ4v) is 5.32. The van der Waals surface area contributed by atoms with Crippen LogP contribution in [-0.2, 0) is 9.84 Å². The Hall–Kier alpha value is -2.59. The molecule has 0 fully saturated rings. The van der Waals surface area contributed by atoms with Crippen molar-refractivity contribution in [3.05, 3.63) is 96.1 Å². The first-order chi connectivity index (χ1) is 12.2. The Morgan fingerprint density at radius 1 is 0.760 bits per heavy atom. The monoisotopic (exact) mass is 349 g/mol. The van der Waals surface area contributed by atoms with Gasteiger partial charge in [-0.25, -0.2) is 8.42 Å². The van der Waals surface area contributed by atoms with E-state index in [0.717, 1.165) is 16.8 Å². The zero-order valence-corrected chi connectivity index (χ0v) is 14.5. The molecule has 0 saturated carbocycles. The third-order valence-electron chi connectivity index (χ3n) is 4.74. The maximum absolute atomic E-state index is 13.3. The molecule has 0 saturated heterocycles. The summed E-state index contributed by atoms with van der Waals surface area (Å²) < 4.78 is 26.6. The molecule has 0 unspecified atom stereocenters. The van der Waals surface area contributed by atoms with Gasteiger partial charge in [0.05, 0.1) is 16.2 Å². The quantitative estimate of drug-likeness (QED) is 0.741. The Bertz CT molecular complexity index is 969. The van der Waals surface area contributed by atoms with Crippen LogP contribution in [0.15, 0.2) is 89.8 Å². The van der Waals surface area contributed by atoms with Crippen molar-refractivity contribution >= 4 is 15.5 Å². The summed E-state index contributed by atoms with van der Waals surface area (Å²) in [6.45, 7) is 0. The average molecular weight is 349 g/mol. The SMILES string of the molecule is O=S(=O)(c1ccccc1)[C@H]1C[C@H](c2ccccc2)Nc2ccccc21. The molecule has 0 bridgehead atoms. The molecule has 0 aromatic heterocycles. The van der Waals surface area contributed by atoms with Crippen molar-refractivity contribution in [1.29, 1.82) is 0 Å². The highest BCUT2D eigenvalue weighted by atomic mass is 32.2. The second kappa shape index (κ2) is 6.37. The lowest BCUT2D eigenvalue weighted by Gasteiger charge is -2.33. The van der Waals surface area contributed by atoms with E-state index in [0.29, 0.717) is 11.3 Å². The topological polar surface area (TPSA) is 46.2 Å². The van der Waals surface area contributed by atoms with E-state index in [2.05, 4.69) is 5.32 Å². The Morgan fingerprint density at radius 2 is 1.36 bits per heavy atom. The molecule has 3 nitrogen and oxygen atoms in total. The molecule has 1 aliphatic rings. The molecule has 126 valence electrons. The fourth-order valence-electron chi connectivity index (χ4n) is 3.47. The van der Waals surface area contributed by atoms with Crippen molar-refractivity contribution in [3.63, 3.8) is 0 Å². The van der Waals surface area contributed by atoms with Crippen LogP contribution in [0.25, 0.3) is 0 Å². The number of sulfone groups is 1. The van der Waals surface area contributed by atoms with Gasteiger partial charge in [0.2, 0.25) is 0 Å². The van der Waals surface area contributed by atoms with E-state index >= 15 is 0 Å². The third kappa shape index (κ3) is 2.94. The number of anilines is 1. The van der Waals surface area contributed by atoms with Crippen molar-refractivity contribution in [2.24, 2.45) is 0 Å². The predicted molar refractivity (Wildman–Crippen MR) is 100 cm³/mol. The van der Waals surface area contributed by atoms with E-state index in [4.69, 9.17) is 0 Å². The molecule has 25 heavy (non-hydrogen) atoms. The normalized spacial score (nSPS) is 19.7. The minimum absolute atomic E-state index is 0.0282. The largest absolute Gasteiger partial charge is 0.378 e. The van der Waals surface area contributed by atoms with Gasteiger partial charge in [-0.2, -0.15) is 0 Å². The maximum Gasteiger partial charge on any atom is 0.185 e. The standard InChI is InChI=1S/C21H19NO2S/c23-25(24,17-11-5-2-6-12-17)21-15-20(16-9-3-1-4-10-16)22-19-14-8-7-13-18(19)21/h1-14,20-22H,15H2/t20-,21+/m1/s1. The second-order valence-electron chi connectivity index (χ2n) is 6.28. The molecular weight excluding hydrogens is 330 g/mol. The van der Waals surface area contributed by atoms with Crippen LogP contribution in [0, 0.1) is 0 Å². The Morgan fingerprint density at radius 3 is 2.08 bits per heavy atom. The molecule has 3 aromatic carbocycles. The lowest BCUT2D eigenvalue weighted by atomic mass is 9.93. The summed E-state index contributed by atoms with van der Waals surface area (Å²) in [5, 5.41) is 2.94. The van der Waals surface area contributed by atoms with Crippen LogP contribution in [0.2, 0.25) is 0 Å². The Balaban J connectivity index is 1.81. The molecule has 0 aliphatic carbocycles. The zero-order chi connectivity index (χ0) is 17.3. The number of hydrogen-bond donors (Lipinski definition) is 1. The highest BCUT2D eigenvalue weighted by Gasteiger charge is 2.36. The summed E-state index contributed by atoms with van der Waals surface area (Å²) in [6.07, 6.45) is 0.512. The first-order valence-corrected chi connectivity index (χ1v) is 9.90. The molecule has 1 heterocycles. The van der Waals surface area contributed by atoms with Gasteiger partial charge in [-0.15, -0.1) is 0 Å². The van der Waals surface area contributed by atoms with Gasteiger partial charge in [0.15, 0.2) is 9.84 Å². The second-order valence-corrected chi connectivity index (χ2v) is 8.41. The molecule has 0 amide bonds. The van der Waals surface area contributed by atoms with Crippen LogP contribution < -0.4 is 5.32 Å². The number of benzene rings is 3. The van der Waals surface area contributed by atoms with E-state index in [1.54, 1.807) is 24.3 Å². The summed E-state index contributed by atoms with van der Waals surface area (Å²) in [4.78, 5) is 0.378. The summed E-state index contributed by atoms with van der Waals surface area (Å²) in [5.74, 6) is 0. The zero-order valence-electron chi connectivity index (χ0n) is 13.7. The first kappa shape index (κ1) is 15.9. The highest BCUT2D eigenvalue weighted by molar-refractivity contribution is 7.91. The van der Waals surface area contributed by atoms with E-state index in [1.165, 1.54) is 0 Å². The lowest BCUT2D eigenvalue weighted by molar-refractivity contribution is 0.557. The molecule has 4 rings (SSSR count). The highest BCUT2D eigenvalue weighted by Crippen LogP contribution is 2.44. The summed E-state index contributed by atoms with van der Waals surface area (Å²) in [5.41, 5.74) is 2.84. The van der Waals surface area contributed by atoms with Crippen molar-refractivity contribution in [2.75, 3.05) is 5.32 Å². The van der Waals surface area contributed by atoms with Crippen molar-refractivity contribution in [1.82, 2.24) is 0 Å². The van der Waals surface area contributed by atoms with Gasteiger partial charge in [-0.3, -0.25) is 0 Å². The summed E-state index contributed by atoms with van der Waals surface area (Å²) in [6, 6.07) is 26.4. The van der Waals surface area contributed by atoms with E-state index in [9.17, 15) is 8.42 Å². The smallest absolute Gasteiger partial charge is 0.185 e. The number of hydrogen-bond acceptors (Lipinski definition) is 3. The lowest BCUT2D eigenvalue weighted by Crippen LogP contribution is -2.26. The van der Waals surface area contributed by atoms with E-state index in [-0.39, 0.29) is 6.04 Å². The van der Waals surface area contributed by atoms with Crippen molar-refractivity contribution in [2.45, 2.75) is 22.6 Å². The third-order valence-corrected chi connectivity index (χ3v) is 6.86. The van der Waals surface area contributed by atoms with Crippen LogP contribution >= 0.6 is 0 Å². The number of para-hydroxylation sites is 1. The van der Waals surface area contributed by atoms with Gasteiger partial charge in [0, 0.05) is 5.69 Å². The minimum Gasteiger partial charge on any atom is -0.378 e. The Labute approximate surface area is 148 Å². The molecule has 1 N–H and O–H groups in total. The first-order valence-electron chi connectivity index (χ1n) is 8.35. The summed E-state index contributed by atoms with van der Waals surface area (Å²) >= 11 is 0. The number of nitrogens with one attached hydrogen (secondary N) is 1. The van der Waals surface area contributed by atoms with Gasteiger partial charge < -0.3 is 5.32 Å².